The summed E-state index contributed by atoms with van der Waals surface area (Å²) in [6.45, 7) is 6.78. The number of hydrogen-bond acceptors (Lipinski definition) is 7. The van der Waals surface area contributed by atoms with Gasteiger partial charge in [-0.25, -0.2) is 14.6 Å². The zero-order chi connectivity index (χ0) is 21.7. The van der Waals surface area contributed by atoms with E-state index in [2.05, 4.69) is 20.6 Å². The van der Waals surface area contributed by atoms with Crippen molar-refractivity contribution in [2.24, 2.45) is 0 Å². The fourth-order valence-electron chi connectivity index (χ4n) is 2.95. The van der Waals surface area contributed by atoms with Crippen molar-refractivity contribution in [3.05, 3.63) is 24.4 Å². The number of anilines is 1. The molecule has 3 amide bonds. The minimum atomic E-state index is -0.576. The van der Waals surface area contributed by atoms with Crippen molar-refractivity contribution in [3.63, 3.8) is 0 Å². The number of pyridine rings is 2. The number of carbonyl (C=O) groups is 2. The number of alkyl carbamates (subject to hydrolysis) is 1. The van der Waals surface area contributed by atoms with Gasteiger partial charge in [0.15, 0.2) is 0 Å². The molecule has 162 valence electrons. The number of fused-ring (bicyclic) bond motifs is 1. The van der Waals surface area contributed by atoms with Gasteiger partial charge in [-0.05, 0) is 32.9 Å². The lowest BCUT2D eigenvalue weighted by Gasteiger charge is -2.33. The number of rotatable bonds is 4. The Balaban J connectivity index is 1.61. The number of carbonyl (C=O) groups excluding carboxylic acids is 2. The van der Waals surface area contributed by atoms with Gasteiger partial charge in [0, 0.05) is 25.4 Å². The van der Waals surface area contributed by atoms with Crippen LogP contribution in [0, 0.1) is 0 Å². The van der Waals surface area contributed by atoms with Crippen LogP contribution in [0.2, 0.25) is 0 Å². The summed E-state index contributed by atoms with van der Waals surface area (Å²) in [6.07, 6.45) is 0.763. The quantitative estimate of drug-likeness (QED) is 0.785. The van der Waals surface area contributed by atoms with Gasteiger partial charge < -0.3 is 29.7 Å². The Kier molecular flexibility index (Phi) is 6.56. The van der Waals surface area contributed by atoms with Crippen LogP contribution in [0.3, 0.4) is 0 Å². The van der Waals surface area contributed by atoms with E-state index in [4.69, 9.17) is 14.2 Å². The first-order valence-electron chi connectivity index (χ1n) is 9.69. The molecule has 1 fully saturated rings. The normalized spacial score (nSPS) is 16.8. The number of morpholine rings is 1. The molecule has 30 heavy (non-hydrogen) atoms. The molecule has 3 heterocycles. The number of aromatic nitrogens is 2. The van der Waals surface area contributed by atoms with Gasteiger partial charge in [-0.1, -0.05) is 0 Å². The maximum atomic E-state index is 12.8. The maximum absolute atomic E-state index is 12.8. The van der Waals surface area contributed by atoms with Crippen molar-refractivity contribution in [2.45, 2.75) is 32.5 Å². The highest BCUT2D eigenvalue weighted by Crippen LogP contribution is 2.22. The molecule has 2 N–H and O–H groups in total. The highest BCUT2D eigenvalue weighted by Gasteiger charge is 2.26. The Morgan fingerprint density at radius 2 is 2.10 bits per heavy atom. The first kappa shape index (κ1) is 21.6. The molecule has 1 aliphatic rings. The van der Waals surface area contributed by atoms with Gasteiger partial charge >= 0.3 is 12.1 Å². The number of nitrogens with zero attached hydrogens (tertiary/aromatic N) is 3. The van der Waals surface area contributed by atoms with Crippen LogP contribution >= 0.6 is 0 Å². The Morgan fingerprint density at radius 1 is 1.30 bits per heavy atom. The van der Waals surface area contributed by atoms with Crippen LogP contribution in [-0.2, 0) is 9.47 Å². The monoisotopic (exact) mass is 417 g/mol. The molecule has 10 heteroatoms. The van der Waals surface area contributed by atoms with E-state index in [1.54, 1.807) is 50.1 Å². The SMILES string of the molecule is COc1ccc2nccc(NC(=O)N3CCO[C@@H](CNC(=O)OC(C)(C)C)C3)c2n1. The van der Waals surface area contributed by atoms with Crippen LogP contribution in [0.5, 0.6) is 5.88 Å². The number of amides is 3. The Labute approximate surface area is 174 Å². The zero-order valence-corrected chi connectivity index (χ0v) is 17.6. The van der Waals surface area contributed by atoms with E-state index >= 15 is 0 Å². The van der Waals surface area contributed by atoms with Crippen LogP contribution in [0.15, 0.2) is 24.4 Å². The summed E-state index contributed by atoms with van der Waals surface area (Å²) in [7, 11) is 1.53. The molecule has 0 saturated carbocycles. The minimum absolute atomic E-state index is 0.246. The van der Waals surface area contributed by atoms with Crippen molar-refractivity contribution in [1.29, 1.82) is 0 Å². The largest absolute Gasteiger partial charge is 0.481 e. The molecule has 0 radical (unpaired) electrons. The van der Waals surface area contributed by atoms with Crippen LogP contribution in [-0.4, -0.2) is 72.0 Å². The Hall–Kier alpha value is -3.14. The molecule has 0 spiro atoms. The topological polar surface area (TPSA) is 115 Å². The van der Waals surface area contributed by atoms with Gasteiger partial charge in [0.25, 0.3) is 0 Å². The second-order valence-electron chi connectivity index (χ2n) is 7.83. The van der Waals surface area contributed by atoms with Crippen molar-refractivity contribution in [1.82, 2.24) is 20.2 Å². The molecule has 1 saturated heterocycles. The van der Waals surface area contributed by atoms with Gasteiger partial charge in [0.2, 0.25) is 5.88 Å². The molecular weight excluding hydrogens is 390 g/mol. The summed E-state index contributed by atoms with van der Waals surface area (Å²) in [4.78, 5) is 34.9. The predicted molar refractivity (Wildman–Crippen MR) is 111 cm³/mol. The Bertz CT molecular complexity index is 914. The summed E-state index contributed by atoms with van der Waals surface area (Å²) in [5.41, 5.74) is 1.16. The predicted octanol–water partition coefficient (Wildman–Crippen LogP) is 2.40. The van der Waals surface area contributed by atoms with E-state index in [9.17, 15) is 9.59 Å². The molecule has 0 unspecified atom stereocenters. The average Bonchev–Trinajstić information content (AvgIpc) is 2.71. The highest BCUT2D eigenvalue weighted by molar-refractivity contribution is 5.98. The Morgan fingerprint density at radius 3 is 2.83 bits per heavy atom. The molecule has 1 aliphatic heterocycles. The first-order valence-corrected chi connectivity index (χ1v) is 9.69. The molecule has 1 atom stereocenters. The van der Waals surface area contributed by atoms with Crippen molar-refractivity contribution in [3.8, 4) is 5.88 Å². The zero-order valence-electron chi connectivity index (χ0n) is 17.6. The van der Waals surface area contributed by atoms with Crippen molar-refractivity contribution in [2.75, 3.05) is 38.7 Å². The molecule has 0 aromatic carbocycles. The van der Waals surface area contributed by atoms with Gasteiger partial charge in [0.1, 0.15) is 11.1 Å². The number of urea groups is 1. The lowest BCUT2D eigenvalue weighted by molar-refractivity contribution is -0.0132. The lowest BCUT2D eigenvalue weighted by atomic mass is 10.2. The molecule has 2 aromatic heterocycles. The standard InChI is InChI=1S/C20H27N5O5/c1-20(2,3)30-19(27)22-11-13-12-25(9-10-29-13)18(26)23-15-7-8-21-14-5-6-16(28-4)24-17(14)15/h5-8,13H,9-12H2,1-4H3,(H,22,27)(H,21,23,26)/t13-/m0/s1. The van der Waals surface area contributed by atoms with Crippen LogP contribution < -0.4 is 15.4 Å². The number of nitrogens with one attached hydrogen (secondary N) is 2. The van der Waals surface area contributed by atoms with Crippen molar-refractivity contribution < 1.29 is 23.8 Å². The molecule has 0 bridgehead atoms. The van der Waals surface area contributed by atoms with Crippen LogP contribution in [0.4, 0.5) is 15.3 Å². The fraction of sp³-hybridized carbons (Fsp3) is 0.500. The van der Waals surface area contributed by atoms with Crippen molar-refractivity contribution >= 4 is 28.8 Å². The molecular formula is C20H27N5O5. The molecule has 0 aliphatic carbocycles. The number of ether oxygens (including phenoxy) is 3. The van der Waals surface area contributed by atoms with Gasteiger partial charge in [0.05, 0.1) is 37.6 Å². The third-order valence-electron chi connectivity index (χ3n) is 4.31. The fourth-order valence-corrected chi connectivity index (χ4v) is 2.95. The smallest absolute Gasteiger partial charge is 0.407 e. The number of hydrogen-bond donors (Lipinski definition) is 2. The summed E-state index contributed by atoms with van der Waals surface area (Å²) < 4.78 is 16.0. The molecule has 2 aromatic rings. The van der Waals surface area contributed by atoms with E-state index in [0.717, 1.165) is 0 Å². The van der Waals surface area contributed by atoms with Gasteiger partial charge in [-0.15, -0.1) is 0 Å². The summed E-state index contributed by atoms with van der Waals surface area (Å²) >= 11 is 0. The summed E-state index contributed by atoms with van der Waals surface area (Å²) in [5.74, 6) is 0.436. The summed E-state index contributed by atoms with van der Waals surface area (Å²) in [6, 6.07) is 4.90. The van der Waals surface area contributed by atoms with Gasteiger partial charge in [-0.2, -0.15) is 0 Å². The number of methoxy groups -OCH3 is 1. The van der Waals surface area contributed by atoms with Gasteiger partial charge in [-0.3, -0.25) is 4.98 Å². The summed E-state index contributed by atoms with van der Waals surface area (Å²) in [5, 5.41) is 5.56. The van der Waals surface area contributed by atoms with E-state index in [1.807, 2.05) is 0 Å². The lowest BCUT2D eigenvalue weighted by Crippen LogP contribution is -2.51. The van der Waals surface area contributed by atoms with E-state index in [1.165, 1.54) is 7.11 Å². The second kappa shape index (κ2) is 9.12. The van der Waals surface area contributed by atoms with E-state index in [-0.39, 0.29) is 18.7 Å². The highest BCUT2D eigenvalue weighted by atomic mass is 16.6. The molecule has 3 rings (SSSR count). The third-order valence-corrected chi connectivity index (χ3v) is 4.31. The second-order valence-corrected chi connectivity index (χ2v) is 7.83. The van der Waals surface area contributed by atoms with E-state index < -0.39 is 11.7 Å². The van der Waals surface area contributed by atoms with Crippen LogP contribution in [0.1, 0.15) is 20.8 Å². The van der Waals surface area contributed by atoms with E-state index in [0.29, 0.717) is 42.3 Å². The van der Waals surface area contributed by atoms with Crippen LogP contribution in [0.25, 0.3) is 11.0 Å². The maximum Gasteiger partial charge on any atom is 0.407 e. The first-order chi connectivity index (χ1) is 14.2. The average molecular weight is 417 g/mol. The third kappa shape index (κ3) is 5.69. The molecule has 10 nitrogen and oxygen atoms in total. The minimum Gasteiger partial charge on any atom is -0.481 e.